The first-order valence-corrected chi connectivity index (χ1v) is 4.57. The number of aryl methyl sites for hydroxylation is 2. The smallest absolute Gasteiger partial charge is 0.00365 e. The van der Waals surface area contributed by atoms with Gasteiger partial charge in [-0.2, -0.15) is 0 Å². The Morgan fingerprint density at radius 1 is 1.33 bits per heavy atom. The van der Waals surface area contributed by atoms with Crippen molar-refractivity contribution in [2.75, 3.05) is 6.54 Å². The van der Waals surface area contributed by atoms with Gasteiger partial charge < -0.3 is 5.73 Å². The minimum Gasteiger partial charge on any atom is -0.330 e. The molecule has 0 heterocycles. The largest absolute Gasteiger partial charge is 0.330 e. The molecule has 0 aliphatic heterocycles. The third-order valence-electron chi connectivity index (χ3n) is 2.28. The molecule has 0 spiro atoms. The third kappa shape index (κ3) is 1.86. The Morgan fingerprint density at radius 2 is 2.08 bits per heavy atom. The summed E-state index contributed by atoms with van der Waals surface area (Å²) in [5.41, 5.74) is 9.82. The van der Waals surface area contributed by atoms with E-state index in [1.54, 1.807) is 0 Å². The fourth-order valence-electron chi connectivity index (χ4n) is 1.60. The van der Waals surface area contributed by atoms with Crippen LogP contribution in [0.15, 0.2) is 18.2 Å². The maximum atomic E-state index is 5.55. The molecule has 1 aromatic rings. The molecule has 0 atom stereocenters. The normalized spacial score (nSPS) is 10.2. The van der Waals surface area contributed by atoms with E-state index in [0.29, 0.717) is 0 Å². The van der Waals surface area contributed by atoms with E-state index in [4.69, 9.17) is 5.73 Å². The van der Waals surface area contributed by atoms with Gasteiger partial charge in [-0.05, 0) is 43.0 Å². The zero-order valence-electron chi connectivity index (χ0n) is 7.93. The molecule has 0 fully saturated rings. The van der Waals surface area contributed by atoms with Crippen LogP contribution in [-0.4, -0.2) is 6.54 Å². The molecule has 0 aromatic heterocycles. The Morgan fingerprint density at radius 3 is 2.67 bits per heavy atom. The van der Waals surface area contributed by atoms with Gasteiger partial charge in [0.15, 0.2) is 0 Å². The maximum Gasteiger partial charge on any atom is -0.00365 e. The van der Waals surface area contributed by atoms with Crippen molar-refractivity contribution >= 4 is 0 Å². The number of hydrogen-bond acceptors (Lipinski definition) is 1. The average molecular weight is 163 g/mol. The van der Waals surface area contributed by atoms with Gasteiger partial charge in [-0.1, -0.05) is 25.1 Å². The van der Waals surface area contributed by atoms with E-state index >= 15 is 0 Å². The molecule has 0 unspecified atom stereocenters. The molecule has 1 aromatic carbocycles. The van der Waals surface area contributed by atoms with Crippen LogP contribution in [-0.2, 0) is 12.8 Å². The van der Waals surface area contributed by atoms with Crippen LogP contribution in [0.1, 0.15) is 23.6 Å². The molecule has 0 saturated carbocycles. The summed E-state index contributed by atoms with van der Waals surface area (Å²) in [6, 6.07) is 6.47. The van der Waals surface area contributed by atoms with Crippen LogP contribution in [0.25, 0.3) is 0 Å². The fourth-order valence-corrected chi connectivity index (χ4v) is 1.60. The summed E-state index contributed by atoms with van der Waals surface area (Å²) in [6.45, 7) is 5.09. The number of hydrogen-bond donors (Lipinski definition) is 1. The highest BCUT2D eigenvalue weighted by molar-refractivity contribution is 5.34. The number of rotatable bonds is 3. The molecule has 0 bridgehead atoms. The minimum absolute atomic E-state index is 0.748. The maximum absolute atomic E-state index is 5.55. The van der Waals surface area contributed by atoms with E-state index in [0.717, 1.165) is 19.4 Å². The average Bonchev–Trinajstić information content (AvgIpc) is 2.09. The van der Waals surface area contributed by atoms with Crippen LogP contribution in [0, 0.1) is 6.92 Å². The van der Waals surface area contributed by atoms with Gasteiger partial charge in [-0.15, -0.1) is 0 Å². The van der Waals surface area contributed by atoms with Crippen LogP contribution in [0.2, 0.25) is 0 Å². The van der Waals surface area contributed by atoms with Gasteiger partial charge in [0.1, 0.15) is 0 Å². The van der Waals surface area contributed by atoms with Crippen LogP contribution >= 0.6 is 0 Å². The summed E-state index contributed by atoms with van der Waals surface area (Å²) in [5.74, 6) is 0. The molecular weight excluding hydrogens is 146 g/mol. The van der Waals surface area contributed by atoms with Gasteiger partial charge in [0.25, 0.3) is 0 Å². The van der Waals surface area contributed by atoms with Gasteiger partial charge in [0.05, 0.1) is 0 Å². The quantitative estimate of drug-likeness (QED) is 0.725. The van der Waals surface area contributed by atoms with Gasteiger partial charge in [-0.3, -0.25) is 0 Å². The standard InChI is InChI=1S/C11H17N/c1-3-10-6-4-5-9(2)11(10)7-8-12/h4-6H,3,7-8,12H2,1-2H3. The second kappa shape index (κ2) is 4.27. The zero-order valence-corrected chi connectivity index (χ0v) is 7.93. The second-order valence-electron chi connectivity index (χ2n) is 3.10. The van der Waals surface area contributed by atoms with Crippen LogP contribution in [0.3, 0.4) is 0 Å². The van der Waals surface area contributed by atoms with E-state index in [1.165, 1.54) is 16.7 Å². The Bertz CT molecular complexity index is 253. The van der Waals surface area contributed by atoms with E-state index in [-0.39, 0.29) is 0 Å². The summed E-state index contributed by atoms with van der Waals surface area (Å²) < 4.78 is 0. The van der Waals surface area contributed by atoms with Crippen molar-refractivity contribution in [3.8, 4) is 0 Å². The summed E-state index contributed by atoms with van der Waals surface area (Å²) in [6.07, 6.45) is 2.12. The molecule has 0 aliphatic rings. The molecule has 0 aliphatic carbocycles. The molecule has 1 nitrogen and oxygen atoms in total. The van der Waals surface area contributed by atoms with Crippen molar-refractivity contribution in [2.45, 2.75) is 26.7 Å². The molecule has 12 heavy (non-hydrogen) atoms. The Kier molecular flexibility index (Phi) is 3.30. The summed E-state index contributed by atoms with van der Waals surface area (Å²) in [7, 11) is 0. The first-order valence-electron chi connectivity index (χ1n) is 4.57. The summed E-state index contributed by atoms with van der Waals surface area (Å²) in [4.78, 5) is 0. The van der Waals surface area contributed by atoms with Crippen molar-refractivity contribution in [1.82, 2.24) is 0 Å². The van der Waals surface area contributed by atoms with Gasteiger partial charge in [0, 0.05) is 0 Å². The predicted octanol–water partition coefficient (Wildman–Crippen LogP) is 2.06. The topological polar surface area (TPSA) is 26.0 Å². The molecule has 1 rings (SSSR count). The van der Waals surface area contributed by atoms with E-state index in [2.05, 4.69) is 32.0 Å². The highest BCUT2D eigenvalue weighted by atomic mass is 14.5. The fraction of sp³-hybridized carbons (Fsp3) is 0.455. The number of benzene rings is 1. The highest BCUT2D eigenvalue weighted by Gasteiger charge is 2.01. The van der Waals surface area contributed by atoms with Gasteiger partial charge in [0.2, 0.25) is 0 Å². The van der Waals surface area contributed by atoms with Crippen molar-refractivity contribution in [3.63, 3.8) is 0 Å². The van der Waals surface area contributed by atoms with Crippen LogP contribution in [0.5, 0.6) is 0 Å². The van der Waals surface area contributed by atoms with E-state index in [9.17, 15) is 0 Å². The zero-order chi connectivity index (χ0) is 8.97. The van der Waals surface area contributed by atoms with E-state index in [1.807, 2.05) is 0 Å². The number of nitrogens with two attached hydrogens (primary N) is 1. The third-order valence-corrected chi connectivity index (χ3v) is 2.28. The van der Waals surface area contributed by atoms with Gasteiger partial charge in [-0.25, -0.2) is 0 Å². The van der Waals surface area contributed by atoms with Crippen LogP contribution < -0.4 is 5.73 Å². The second-order valence-corrected chi connectivity index (χ2v) is 3.10. The van der Waals surface area contributed by atoms with Crippen LogP contribution in [0.4, 0.5) is 0 Å². The highest BCUT2D eigenvalue weighted by Crippen LogP contribution is 2.14. The molecule has 0 radical (unpaired) electrons. The Labute approximate surface area is 74.6 Å². The molecule has 0 amide bonds. The lowest BCUT2D eigenvalue weighted by Crippen LogP contribution is -2.06. The Balaban J connectivity index is 3.02. The Hall–Kier alpha value is -0.820. The summed E-state index contributed by atoms with van der Waals surface area (Å²) in [5, 5.41) is 0. The van der Waals surface area contributed by atoms with Crippen molar-refractivity contribution in [1.29, 1.82) is 0 Å². The molecule has 66 valence electrons. The van der Waals surface area contributed by atoms with Crippen molar-refractivity contribution in [2.24, 2.45) is 5.73 Å². The lowest BCUT2D eigenvalue weighted by atomic mass is 9.98. The lowest BCUT2D eigenvalue weighted by molar-refractivity contribution is 0.928. The first-order chi connectivity index (χ1) is 5.79. The van der Waals surface area contributed by atoms with Crippen molar-refractivity contribution < 1.29 is 0 Å². The van der Waals surface area contributed by atoms with Gasteiger partial charge >= 0.3 is 0 Å². The summed E-state index contributed by atoms with van der Waals surface area (Å²) >= 11 is 0. The monoisotopic (exact) mass is 163 g/mol. The van der Waals surface area contributed by atoms with E-state index < -0.39 is 0 Å². The minimum atomic E-state index is 0.748. The molecule has 2 N–H and O–H groups in total. The lowest BCUT2D eigenvalue weighted by Gasteiger charge is -2.09. The van der Waals surface area contributed by atoms with Crippen molar-refractivity contribution in [3.05, 3.63) is 34.9 Å². The molecule has 0 saturated heterocycles. The predicted molar refractivity (Wildman–Crippen MR) is 53.3 cm³/mol. The SMILES string of the molecule is CCc1cccc(C)c1CCN. The molecule has 1 heteroatoms. The molecular formula is C11H17N. The first kappa shape index (κ1) is 9.27.